The molecule has 3 heteroatoms. The summed E-state index contributed by atoms with van der Waals surface area (Å²) in [5, 5.41) is 2.76. The van der Waals surface area contributed by atoms with E-state index in [1.165, 1.54) is 5.56 Å². The highest BCUT2D eigenvalue weighted by molar-refractivity contribution is 6.07. The molecule has 0 aliphatic heterocycles. The molecule has 0 radical (unpaired) electrons. The smallest absolute Gasteiger partial charge is 0.259 e. The molecule has 1 heterocycles. The quantitative estimate of drug-likeness (QED) is 0.499. The molecule has 0 saturated heterocycles. The van der Waals surface area contributed by atoms with Crippen LogP contribution in [0, 0.1) is 13.8 Å². The molecule has 0 aliphatic rings. The van der Waals surface area contributed by atoms with Gasteiger partial charge in [0.05, 0.1) is 19.2 Å². The monoisotopic (exact) mass is 343 g/mol. The fourth-order valence-corrected chi connectivity index (χ4v) is 3.75. The first-order valence-corrected chi connectivity index (χ1v) is 8.74. The Kier molecular flexibility index (Phi) is 4.00. The summed E-state index contributed by atoms with van der Waals surface area (Å²) in [5.74, 6) is 0.762. The Bertz CT molecular complexity index is 1170. The number of nitrogens with zero attached hydrogens (tertiary/aromatic N) is 1. The van der Waals surface area contributed by atoms with E-state index in [2.05, 4.69) is 38.1 Å². The van der Waals surface area contributed by atoms with Gasteiger partial charge in [0.25, 0.3) is 5.56 Å². The summed E-state index contributed by atoms with van der Waals surface area (Å²) in [4.78, 5) is 13.3. The van der Waals surface area contributed by atoms with E-state index in [1.807, 2.05) is 41.0 Å². The first-order valence-electron chi connectivity index (χ1n) is 8.74. The van der Waals surface area contributed by atoms with Crippen LogP contribution in [0.1, 0.15) is 16.7 Å². The standard InChI is InChI=1S/C23H21NO2/c1-15-11-16(2)22-21(12-15)20-13-18(26-3)9-10-19(20)23(25)24(22)14-17-7-5-4-6-8-17/h4-13H,14H2,1-3H3. The third-order valence-corrected chi connectivity index (χ3v) is 4.89. The molecular weight excluding hydrogens is 322 g/mol. The third-order valence-electron chi connectivity index (χ3n) is 4.89. The molecule has 0 amide bonds. The lowest BCUT2D eigenvalue weighted by molar-refractivity contribution is 0.415. The SMILES string of the molecule is COc1ccc2c(=O)n(Cc3ccccc3)c3c(C)cc(C)cc3c2c1. The number of hydrogen-bond donors (Lipinski definition) is 0. The number of aromatic nitrogens is 1. The van der Waals surface area contributed by atoms with Crippen LogP contribution in [0.25, 0.3) is 21.7 Å². The van der Waals surface area contributed by atoms with Crippen LogP contribution >= 0.6 is 0 Å². The lowest BCUT2D eigenvalue weighted by Gasteiger charge is -2.16. The molecule has 0 atom stereocenters. The average Bonchev–Trinajstić information content (AvgIpc) is 2.65. The van der Waals surface area contributed by atoms with Crippen LogP contribution in [0.2, 0.25) is 0 Å². The molecule has 0 bridgehead atoms. The molecule has 0 fully saturated rings. The van der Waals surface area contributed by atoms with Crippen molar-refractivity contribution in [2.75, 3.05) is 7.11 Å². The van der Waals surface area contributed by atoms with Gasteiger partial charge in [-0.1, -0.05) is 42.0 Å². The Labute approximate surface area is 152 Å². The highest BCUT2D eigenvalue weighted by atomic mass is 16.5. The van der Waals surface area contributed by atoms with Gasteiger partial charge in [-0.2, -0.15) is 0 Å². The molecule has 4 aromatic rings. The zero-order valence-electron chi connectivity index (χ0n) is 15.2. The number of rotatable bonds is 3. The topological polar surface area (TPSA) is 31.2 Å². The van der Waals surface area contributed by atoms with Gasteiger partial charge in [-0.3, -0.25) is 4.79 Å². The van der Waals surface area contributed by atoms with E-state index in [-0.39, 0.29) is 5.56 Å². The number of fused-ring (bicyclic) bond motifs is 3. The second-order valence-electron chi connectivity index (χ2n) is 6.77. The van der Waals surface area contributed by atoms with Crippen LogP contribution in [-0.2, 0) is 6.54 Å². The molecule has 0 aliphatic carbocycles. The third kappa shape index (κ3) is 2.66. The van der Waals surface area contributed by atoms with Gasteiger partial charge in [0.15, 0.2) is 0 Å². The maximum Gasteiger partial charge on any atom is 0.259 e. The predicted molar refractivity (Wildman–Crippen MR) is 107 cm³/mol. The maximum absolute atomic E-state index is 13.3. The van der Waals surface area contributed by atoms with Crippen LogP contribution in [0.15, 0.2) is 65.5 Å². The Morgan fingerprint density at radius 2 is 1.65 bits per heavy atom. The minimum atomic E-state index is 0.0333. The molecular formula is C23H21NO2. The van der Waals surface area contributed by atoms with Crippen molar-refractivity contribution < 1.29 is 4.74 Å². The molecule has 0 N–H and O–H groups in total. The van der Waals surface area contributed by atoms with Crippen LogP contribution in [-0.4, -0.2) is 11.7 Å². The van der Waals surface area contributed by atoms with Crippen molar-refractivity contribution in [3.05, 3.63) is 87.7 Å². The summed E-state index contributed by atoms with van der Waals surface area (Å²) in [6, 6.07) is 20.1. The van der Waals surface area contributed by atoms with Crippen molar-refractivity contribution >= 4 is 21.7 Å². The van der Waals surface area contributed by atoms with Gasteiger partial charge in [-0.15, -0.1) is 0 Å². The molecule has 26 heavy (non-hydrogen) atoms. The van der Waals surface area contributed by atoms with Crippen LogP contribution < -0.4 is 10.3 Å². The van der Waals surface area contributed by atoms with Crippen molar-refractivity contribution in [2.24, 2.45) is 0 Å². The zero-order chi connectivity index (χ0) is 18.3. The van der Waals surface area contributed by atoms with Crippen molar-refractivity contribution in [3.8, 4) is 5.75 Å². The molecule has 3 nitrogen and oxygen atoms in total. The summed E-state index contributed by atoms with van der Waals surface area (Å²) in [6.07, 6.45) is 0. The number of pyridine rings is 1. The molecule has 1 aromatic heterocycles. The van der Waals surface area contributed by atoms with Crippen LogP contribution in [0.5, 0.6) is 5.75 Å². The molecule has 0 unspecified atom stereocenters. The van der Waals surface area contributed by atoms with E-state index in [0.29, 0.717) is 6.54 Å². The fourth-order valence-electron chi connectivity index (χ4n) is 3.75. The minimum Gasteiger partial charge on any atom is -0.497 e. The van der Waals surface area contributed by atoms with Gasteiger partial charge >= 0.3 is 0 Å². The van der Waals surface area contributed by atoms with Gasteiger partial charge < -0.3 is 9.30 Å². The summed E-state index contributed by atoms with van der Waals surface area (Å²) >= 11 is 0. The Morgan fingerprint density at radius 1 is 0.885 bits per heavy atom. The van der Waals surface area contributed by atoms with E-state index in [0.717, 1.165) is 38.6 Å². The maximum atomic E-state index is 13.3. The molecule has 3 aromatic carbocycles. The van der Waals surface area contributed by atoms with Crippen LogP contribution in [0.3, 0.4) is 0 Å². The molecule has 0 spiro atoms. The Morgan fingerprint density at radius 3 is 2.38 bits per heavy atom. The number of hydrogen-bond acceptors (Lipinski definition) is 2. The number of ether oxygens (including phenoxy) is 1. The Balaban J connectivity index is 2.13. The summed E-state index contributed by atoms with van der Waals surface area (Å²) < 4.78 is 7.29. The number of methoxy groups -OCH3 is 1. The normalized spacial score (nSPS) is 11.2. The first kappa shape index (κ1) is 16.4. The number of benzene rings is 3. The highest BCUT2D eigenvalue weighted by Gasteiger charge is 2.14. The second kappa shape index (κ2) is 6.34. The van der Waals surface area contributed by atoms with Crippen molar-refractivity contribution in [3.63, 3.8) is 0 Å². The van der Waals surface area contributed by atoms with E-state index in [1.54, 1.807) is 7.11 Å². The van der Waals surface area contributed by atoms with Gasteiger partial charge in [0.1, 0.15) is 5.75 Å². The summed E-state index contributed by atoms with van der Waals surface area (Å²) in [6.45, 7) is 4.72. The first-order chi connectivity index (χ1) is 12.6. The van der Waals surface area contributed by atoms with Crippen molar-refractivity contribution in [2.45, 2.75) is 20.4 Å². The van der Waals surface area contributed by atoms with Gasteiger partial charge in [-0.05, 0) is 49.2 Å². The lowest BCUT2D eigenvalue weighted by Crippen LogP contribution is -2.22. The van der Waals surface area contributed by atoms with E-state index in [4.69, 9.17) is 4.74 Å². The second-order valence-corrected chi connectivity index (χ2v) is 6.77. The van der Waals surface area contributed by atoms with Gasteiger partial charge in [0, 0.05) is 16.2 Å². The largest absolute Gasteiger partial charge is 0.497 e. The number of aryl methyl sites for hydroxylation is 2. The minimum absolute atomic E-state index is 0.0333. The lowest BCUT2D eigenvalue weighted by atomic mass is 10.00. The summed E-state index contributed by atoms with van der Waals surface area (Å²) in [5.41, 5.74) is 4.43. The average molecular weight is 343 g/mol. The zero-order valence-corrected chi connectivity index (χ0v) is 15.2. The molecule has 4 rings (SSSR count). The van der Waals surface area contributed by atoms with Crippen molar-refractivity contribution in [1.82, 2.24) is 4.57 Å². The molecule has 0 saturated carbocycles. The predicted octanol–water partition coefficient (Wildman–Crippen LogP) is 4.83. The van der Waals surface area contributed by atoms with Gasteiger partial charge in [0.2, 0.25) is 0 Å². The van der Waals surface area contributed by atoms with E-state index in [9.17, 15) is 4.79 Å². The summed E-state index contributed by atoms with van der Waals surface area (Å²) in [7, 11) is 1.65. The highest BCUT2D eigenvalue weighted by Crippen LogP contribution is 2.29. The fraction of sp³-hybridized carbons (Fsp3) is 0.174. The van der Waals surface area contributed by atoms with Crippen LogP contribution in [0.4, 0.5) is 0 Å². The molecule has 130 valence electrons. The van der Waals surface area contributed by atoms with E-state index < -0.39 is 0 Å². The van der Waals surface area contributed by atoms with Crippen molar-refractivity contribution in [1.29, 1.82) is 0 Å². The van der Waals surface area contributed by atoms with Gasteiger partial charge in [-0.25, -0.2) is 0 Å². The Hall–Kier alpha value is -3.07. The van der Waals surface area contributed by atoms with E-state index >= 15 is 0 Å².